The monoisotopic (exact) mass is 246 g/mol. The van der Waals surface area contributed by atoms with E-state index in [9.17, 15) is 5.11 Å². The van der Waals surface area contributed by atoms with Crippen molar-refractivity contribution in [3.05, 3.63) is 35.9 Å². The molecule has 0 spiro atoms. The van der Waals surface area contributed by atoms with E-state index in [0.717, 1.165) is 38.9 Å². The fourth-order valence-electron chi connectivity index (χ4n) is 3.72. The summed E-state index contributed by atoms with van der Waals surface area (Å²) in [5.41, 5.74) is 0.870. The summed E-state index contributed by atoms with van der Waals surface area (Å²) in [6, 6.07) is 10.6. The van der Waals surface area contributed by atoms with E-state index in [2.05, 4.69) is 30.3 Å². The molecular formula is C16H22O2. The van der Waals surface area contributed by atoms with E-state index in [1.54, 1.807) is 0 Å². The number of hydrogen-bond donors (Lipinski definition) is 1. The van der Waals surface area contributed by atoms with Crippen LogP contribution in [-0.2, 0) is 11.2 Å². The molecule has 1 aliphatic carbocycles. The lowest BCUT2D eigenvalue weighted by molar-refractivity contribution is -0.162. The molecule has 1 N–H and O–H groups in total. The van der Waals surface area contributed by atoms with Gasteiger partial charge in [-0.2, -0.15) is 0 Å². The summed E-state index contributed by atoms with van der Waals surface area (Å²) < 4.78 is 5.54. The van der Waals surface area contributed by atoms with E-state index in [0.29, 0.717) is 11.8 Å². The van der Waals surface area contributed by atoms with Gasteiger partial charge in [0.1, 0.15) is 0 Å². The molecule has 2 aliphatic rings. The van der Waals surface area contributed by atoms with Crippen molar-refractivity contribution in [3.8, 4) is 0 Å². The summed E-state index contributed by atoms with van der Waals surface area (Å²) in [6.45, 7) is 1.47. The van der Waals surface area contributed by atoms with Crippen molar-refractivity contribution < 1.29 is 9.84 Å². The van der Waals surface area contributed by atoms with Gasteiger partial charge in [-0.1, -0.05) is 36.8 Å². The van der Waals surface area contributed by atoms with Crippen LogP contribution in [0.5, 0.6) is 0 Å². The highest BCUT2D eigenvalue weighted by Gasteiger charge is 2.47. The highest BCUT2D eigenvalue weighted by molar-refractivity contribution is 5.17. The minimum atomic E-state index is -0.480. The van der Waals surface area contributed by atoms with Crippen LogP contribution in [0.2, 0.25) is 0 Å². The largest absolute Gasteiger partial charge is 0.389 e. The molecule has 1 aliphatic heterocycles. The maximum Gasteiger partial charge on any atom is 0.0750 e. The van der Waals surface area contributed by atoms with E-state index in [1.165, 1.54) is 12.0 Å². The molecule has 1 aromatic carbocycles. The highest BCUT2D eigenvalue weighted by Crippen LogP contribution is 2.44. The zero-order chi connectivity index (χ0) is 12.4. The number of ether oxygens (including phenoxy) is 1. The van der Waals surface area contributed by atoms with Crippen molar-refractivity contribution in [2.24, 2.45) is 11.8 Å². The first-order valence-corrected chi connectivity index (χ1v) is 7.13. The smallest absolute Gasteiger partial charge is 0.0750 e. The lowest BCUT2D eigenvalue weighted by Crippen LogP contribution is -2.53. The van der Waals surface area contributed by atoms with Crippen molar-refractivity contribution in [1.29, 1.82) is 0 Å². The van der Waals surface area contributed by atoms with Crippen LogP contribution in [0, 0.1) is 11.8 Å². The summed E-state index contributed by atoms with van der Waals surface area (Å²) >= 11 is 0. The topological polar surface area (TPSA) is 29.5 Å². The van der Waals surface area contributed by atoms with Crippen LogP contribution in [0.4, 0.5) is 0 Å². The Bertz CT molecular complexity index is 387. The normalized spacial score (nSPS) is 36.1. The third-order valence-electron chi connectivity index (χ3n) is 4.81. The van der Waals surface area contributed by atoms with E-state index in [1.807, 2.05) is 0 Å². The predicted molar refractivity (Wildman–Crippen MR) is 71.4 cm³/mol. The molecule has 0 aromatic heterocycles. The minimum Gasteiger partial charge on any atom is -0.389 e. The first-order valence-electron chi connectivity index (χ1n) is 7.13. The van der Waals surface area contributed by atoms with Gasteiger partial charge >= 0.3 is 0 Å². The first kappa shape index (κ1) is 12.2. The van der Waals surface area contributed by atoms with Crippen molar-refractivity contribution in [2.45, 2.75) is 37.7 Å². The number of aliphatic hydroxyl groups is 1. The minimum absolute atomic E-state index is 0.355. The number of fused-ring (bicyclic) bond motifs is 1. The first-order chi connectivity index (χ1) is 8.79. The lowest BCUT2D eigenvalue weighted by Gasteiger charge is -2.48. The third-order valence-corrected chi connectivity index (χ3v) is 4.81. The molecular weight excluding hydrogens is 224 g/mol. The molecule has 18 heavy (non-hydrogen) atoms. The second-order valence-electron chi connectivity index (χ2n) is 5.83. The van der Waals surface area contributed by atoms with Gasteiger partial charge in [0.25, 0.3) is 0 Å². The van der Waals surface area contributed by atoms with Crippen LogP contribution in [-0.4, -0.2) is 23.9 Å². The number of benzene rings is 1. The molecule has 1 saturated carbocycles. The summed E-state index contributed by atoms with van der Waals surface area (Å²) in [6.07, 6.45) is 5.33. The van der Waals surface area contributed by atoms with Crippen LogP contribution in [0.25, 0.3) is 0 Å². The van der Waals surface area contributed by atoms with Gasteiger partial charge in [0.05, 0.1) is 12.2 Å². The average Bonchev–Trinajstić information content (AvgIpc) is 2.41. The average molecular weight is 246 g/mol. The zero-order valence-electron chi connectivity index (χ0n) is 10.8. The Morgan fingerprint density at radius 1 is 1.22 bits per heavy atom. The third kappa shape index (κ3) is 2.19. The quantitative estimate of drug-likeness (QED) is 0.869. The van der Waals surface area contributed by atoms with Gasteiger partial charge in [-0.15, -0.1) is 0 Å². The van der Waals surface area contributed by atoms with Crippen molar-refractivity contribution in [3.63, 3.8) is 0 Å². The van der Waals surface area contributed by atoms with Crippen LogP contribution in [0.3, 0.4) is 0 Å². The van der Waals surface area contributed by atoms with E-state index < -0.39 is 5.60 Å². The highest BCUT2D eigenvalue weighted by atomic mass is 16.5. The van der Waals surface area contributed by atoms with Crippen LogP contribution in [0.15, 0.2) is 30.3 Å². The molecule has 0 amide bonds. The van der Waals surface area contributed by atoms with Crippen molar-refractivity contribution >= 4 is 0 Å². The second kappa shape index (κ2) is 5.02. The lowest BCUT2D eigenvalue weighted by atomic mass is 9.64. The molecule has 0 unspecified atom stereocenters. The zero-order valence-corrected chi connectivity index (χ0v) is 10.8. The Labute approximate surface area is 109 Å². The van der Waals surface area contributed by atoms with Gasteiger partial charge in [-0.3, -0.25) is 0 Å². The molecule has 2 fully saturated rings. The Morgan fingerprint density at radius 3 is 2.89 bits per heavy atom. The van der Waals surface area contributed by atoms with Gasteiger partial charge in [0.2, 0.25) is 0 Å². The van der Waals surface area contributed by atoms with Gasteiger partial charge in [-0.25, -0.2) is 0 Å². The number of hydrogen-bond acceptors (Lipinski definition) is 2. The molecule has 1 saturated heterocycles. The summed E-state index contributed by atoms with van der Waals surface area (Å²) in [4.78, 5) is 0. The Hall–Kier alpha value is -0.860. The molecule has 0 bridgehead atoms. The summed E-state index contributed by atoms with van der Waals surface area (Å²) in [7, 11) is 0. The van der Waals surface area contributed by atoms with Crippen LogP contribution >= 0.6 is 0 Å². The van der Waals surface area contributed by atoms with Crippen molar-refractivity contribution in [1.82, 2.24) is 0 Å². The summed E-state index contributed by atoms with van der Waals surface area (Å²) in [5, 5.41) is 11.0. The molecule has 2 nitrogen and oxygen atoms in total. The molecule has 1 heterocycles. The number of rotatable bonds is 2. The fourth-order valence-corrected chi connectivity index (χ4v) is 3.72. The Kier molecular flexibility index (Phi) is 3.40. The second-order valence-corrected chi connectivity index (χ2v) is 5.83. The van der Waals surface area contributed by atoms with Gasteiger partial charge in [0, 0.05) is 18.9 Å². The standard InChI is InChI=1S/C16H22O2/c17-16-9-10-18-12-15(16)8-4-7-14(16)11-13-5-2-1-3-6-13/h1-3,5-6,14-15,17H,4,7-12H2/t14-,15-,16-/m0/s1. The maximum absolute atomic E-state index is 11.0. The van der Waals surface area contributed by atoms with E-state index in [4.69, 9.17) is 4.74 Å². The van der Waals surface area contributed by atoms with Crippen LogP contribution < -0.4 is 0 Å². The molecule has 3 rings (SSSR count). The summed E-state index contributed by atoms with van der Waals surface area (Å²) in [5.74, 6) is 0.760. The predicted octanol–water partition coefficient (Wildman–Crippen LogP) is 2.80. The SMILES string of the molecule is O[C@]12CCOC[C@@H]1CCC[C@H]2Cc1ccccc1. The maximum atomic E-state index is 11.0. The van der Waals surface area contributed by atoms with Gasteiger partial charge < -0.3 is 9.84 Å². The molecule has 1 aromatic rings. The van der Waals surface area contributed by atoms with Crippen molar-refractivity contribution in [2.75, 3.05) is 13.2 Å². The van der Waals surface area contributed by atoms with Crippen LogP contribution in [0.1, 0.15) is 31.2 Å². The van der Waals surface area contributed by atoms with Gasteiger partial charge in [-0.05, 0) is 30.7 Å². The van der Waals surface area contributed by atoms with E-state index >= 15 is 0 Å². The molecule has 0 radical (unpaired) electrons. The van der Waals surface area contributed by atoms with E-state index in [-0.39, 0.29) is 0 Å². The molecule has 3 atom stereocenters. The molecule has 2 heteroatoms. The van der Waals surface area contributed by atoms with Gasteiger partial charge in [0.15, 0.2) is 0 Å². The Morgan fingerprint density at radius 2 is 2.06 bits per heavy atom. The Balaban J connectivity index is 1.78. The molecule has 98 valence electrons. The fraction of sp³-hybridized carbons (Fsp3) is 0.625.